The maximum Gasteiger partial charge on any atom is 0.224 e. The number of guanidine groups is 1. The number of pyridine rings is 1. The van der Waals surface area contributed by atoms with Gasteiger partial charge < -0.3 is 20.9 Å². The number of rotatable bonds is 10. The van der Waals surface area contributed by atoms with E-state index in [0.717, 1.165) is 19.6 Å². The number of anilines is 1. The largest absolute Gasteiger partial charge is 0.367 e. The molecule has 27 heavy (non-hydrogen) atoms. The van der Waals surface area contributed by atoms with Crippen LogP contribution in [0.15, 0.2) is 17.3 Å². The highest BCUT2D eigenvalue weighted by molar-refractivity contribution is 14.0. The molecule has 10 heteroatoms. The predicted octanol–water partition coefficient (Wildman–Crippen LogP) is 3.23. The molecule has 0 atom stereocenters. The number of hydrogen-bond acceptors (Lipinski definition) is 4. The van der Waals surface area contributed by atoms with E-state index in [-0.39, 0.29) is 29.9 Å². The van der Waals surface area contributed by atoms with Crippen molar-refractivity contribution in [1.82, 2.24) is 20.5 Å². The van der Waals surface area contributed by atoms with Gasteiger partial charge >= 0.3 is 0 Å². The summed E-state index contributed by atoms with van der Waals surface area (Å²) in [4.78, 5) is 22.4. The summed E-state index contributed by atoms with van der Waals surface area (Å²) in [6.07, 6.45) is 1.95. The Morgan fingerprint density at radius 1 is 1.19 bits per heavy atom. The van der Waals surface area contributed by atoms with Crippen LogP contribution in [0.1, 0.15) is 27.2 Å². The molecule has 7 nitrogen and oxygen atoms in total. The van der Waals surface area contributed by atoms with Crippen molar-refractivity contribution in [3.63, 3.8) is 0 Å². The monoisotopic (exact) mass is 530 g/mol. The number of aliphatic imine (C=N–C) groups is 1. The summed E-state index contributed by atoms with van der Waals surface area (Å²) >= 11 is 11.9. The second-order valence-corrected chi connectivity index (χ2v) is 6.26. The Hall–Kier alpha value is -1.000. The summed E-state index contributed by atoms with van der Waals surface area (Å²) in [5.74, 6) is 1.39. The number of carbonyl (C=O) groups excluding carboxylic acids is 1. The van der Waals surface area contributed by atoms with Crippen molar-refractivity contribution in [3.05, 3.63) is 22.3 Å². The number of carbonyl (C=O) groups is 1. The summed E-state index contributed by atoms with van der Waals surface area (Å²) in [6.45, 7) is 9.82. The van der Waals surface area contributed by atoms with Crippen LogP contribution >= 0.6 is 47.2 Å². The van der Waals surface area contributed by atoms with Gasteiger partial charge in [-0.3, -0.25) is 9.79 Å². The summed E-state index contributed by atoms with van der Waals surface area (Å²) in [5.41, 5.74) is 0. The topological polar surface area (TPSA) is 81.7 Å². The van der Waals surface area contributed by atoms with Crippen molar-refractivity contribution >= 4 is 64.9 Å². The zero-order valence-corrected chi connectivity index (χ0v) is 19.9. The highest BCUT2D eigenvalue weighted by Gasteiger charge is 2.08. The number of nitrogens with one attached hydrogen (secondary N) is 3. The molecule has 0 saturated heterocycles. The summed E-state index contributed by atoms with van der Waals surface area (Å²) in [5, 5.41) is 10.5. The van der Waals surface area contributed by atoms with Crippen molar-refractivity contribution in [2.45, 2.75) is 27.2 Å². The normalized spacial score (nSPS) is 10.8. The Morgan fingerprint density at radius 3 is 2.48 bits per heavy atom. The highest BCUT2D eigenvalue weighted by Crippen LogP contribution is 2.21. The second kappa shape index (κ2) is 15.0. The molecule has 0 unspecified atom stereocenters. The fraction of sp³-hybridized carbons (Fsp3) is 0.588. The third kappa shape index (κ3) is 10.2. The first kappa shape index (κ1) is 26.0. The van der Waals surface area contributed by atoms with Gasteiger partial charge in [0.05, 0.1) is 16.6 Å². The van der Waals surface area contributed by atoms with Crippen LogP contribution in [-0.4, -0.2) is 61.0 Å². The van der Waals surface area contributed by atoms with E-state index < -0.39 is 0 Å². The minimum absolute atomic E-state index is 0. The molecule has 154 valence electrons. The number of nitrogens with zero attached hydrogens (tertiary/aromatic N) is 3. The Bertz CT molecular complexity index is 599. The molecule has 0 bridgehead atoms. The lowest BCUT2D eigenvalue weighted by atomic mass is 10.3. The van der Waals surface area contributed by atoms with Crippen molar-refractivity contribution < 1.29 is 4.79 Å². The molecular formula is C17H29Cl2IN6O. The van der Waals surface area contributed by atoms with Crippen molar-refractivity contribution in [2.24, 2.45) is 4.99 Å². The first-order valence-electron chi connectivity index (χ1n) is 8.86. The summed E-state index contributed by atoms with van der Waals surface area (Å²) in [6, 6.07) is 1.64. The number of hydrogen-bond donors (Lipinski definition) is 3. The molecule has 0 aliphatic heterocycles. The van der Waals surface area contributed by atoms with E-state index in [1.807, 2.05) is 25.7 Å². The van der Waals surface area contributed by atoms with Gasteiger partial charge in [0.1, 0.15) is 5.82 Å². The van der Waals surface area contributed by atoms with Crippen LogP contribution in [0.3, 0.4) is 0 Å². The molecule has 1 amide bonds. The average Bonchev–Trinajstić information content (AvgIpc) is 2.61. The Kier molecular flexibility index (Phi) is 14.4. The van der Waals surface area contributed by atoms with E-state index in [9.17, 15) is 4.79 Å². The zero-order valence-electron chi connectivity index (χ0n) is 16.0. The summed E-state index contributed by atoms with van der Waals surface area (Å²) in [7, 11) is 0. The van der Waals surface area contributed by atoms with E-state index in [1.54, 1.807) is 12.3 Å². The second-order valence-electron chi connectivity index (χ2n) is 5.41. The van der Waals surface area contributed by atoms with E-state index in [2.05, 4.69) is 25.9 Å². The van der Waals surface area contributed by atoms with Gasteiger partial charge in [-0.15, -0.1) is 24.0 Å². The van der Waals surface area contributed by atoms with Gasteiger partial charge in [-0.05, 0) is 26.8 Å². The zero-order chi connectivity index (χ0) is 19.4. The molecule has 0 saturated carbocycles. The molecule has 0 fully saturated rings. The maximum absolute atomic E-state index is 12.0. The van der Waals surface area contributed by atoms with Gasteiger partial charge in [0, 0.05) is 45.3 Å². The molecule has 0 radical (unpaired) electrons. The highest BCUT2D eigenvalue weighted by atomic mass is 127. The molecule has 0 aliphatic rings. The molecule has 0 aliphatic carbocycles. The third-order valence-electron chi connectivity index (χ3n) is 3.57. The fourth-order valence-corrected chi connectivity index (χ4v) is 2.69. The maximum atomic E-state index is 12.0. The molecule has 3 N–H and O–H groups in total. The standard InChI is InChI=1S/C17H28Cl2N6O.HI/c1-4-20-17(22-8-7-15(26)25(5-2)6-3)23-10-9-21-16-14(19)11-13(18)12-24-16;/h11-12H,4-10H2,1-3H3,(H,21,24)(H2,20,22,23);1H. The van der Waals surface area contributed by atoms with Crippen LogP contribution < -0.4 is 16.0 Å². The van der Waals surface area contributed by atoms with Crippen LogP contribution in [0.25, 0.3) is 0 Å². The SMILES string of the molecule is CCNC(=NCCC(=O)N(CC)CC)NCCNc1ncc(Cl)cc1Cl.I. The first-order valence-corrected chi connectivity index (χ1v) is 9.62. The summed E-state index contributed by atoms with van der Waals surface area (Å²) < 4.78 is 0. The van der Waals surface area contributed by atoms with Crippen LogP contribution in [-0.2, 0) is 4.79 Å². The number of halogens is 3. The lowest BCUT2D eigenvalue weighted by Gasteiger charge is -2.18. The Balaban J connectivity index is 0.00000676. The Morgan fingerprint density at radius 2 is 1.89 bits per heavy atom. The van der Waals surface area contributed by atoms with E-state index in [4.69, 9.17) is 23.2 Å². The van der Waals surface area contributed by atoms with Gasteiger partial charge in [-0.2, -0.15) is 0 Å². The predicted molar refractivity (Wildman–Crippen MR) is 125 cm³/mol. The van der Waals surface area contributed by atoms with Gasteiger partial charge in [0.15, 0.2) is 5.96 Å². The molecular weight excluding hydrogens is 502 g/mol. The van der Waals surface area contributed by atoms with Gasteiger partial charge in [-0.1, -0.05) is 23.2 Å². The minimum Gasteiger partial charge on any atom is -0.367 e. The van der Waals surface area contributed by atoms with E-state index in [1.165, 1.54) is 0 Å². The molecule has 1 rings (SSSR count). The molecule has 1 aromatic rings. The molecule has 1 aromatic heterocycles. The van der Waals surface area contributed by atoms with Gasteiger partial charge in [0.25, 0.3) is 0 Å². The lowest BCUT2D eigenvalue weighted by Crippen LogP contribution is -2.40. The van der Waals surface area contributed by atoms with E-state index in [0.29, 0.717) is 47.9 Å². The van der Waals surface area contributed by atoms with E-state index >= 15 is 0 Å². The van der Waals surface area contributed by atoms with Crippen LogP contribution in [0, 0.1) is 0 Å². The Labute approximate surface area is 188 Å². The number of amides is 1. The molecule has 0 aromatic carbocycles. The van der Waals surface area contributed by atoms with Crippen molar-refractivity contribution in [2.75, 3.05) is 44.6 Å². The molecule has 0 spiro atoms. The fourth-order valence-electron chi connectivity index (χ4n) is 2.25. The lowest BCUT2D eigenvalue weighted by molar-refractivity contribution is -0.130. The van der Waals surface area contributed by atoms with Crippen molar-refractivity contribution in [1.29, 1.82) is 0 Å². The first-order chi connectivity index (χ1) is 12.5. The molecule has 1 heterocycles. The smallest absolute Gasteiger partial charge is 0.224 e. The van der Waals surface area contributed by atoms with Gasteiger partial charge in [-0.25, -0.2) is 4.98 Å². The van der Waals surface area contributed by atoms with Crippen LogP contribution in [0.2, 0.25) is 10.0 Å². The third-order valence-corrected chi connectivity index (χ3v) is 4.07. The van der Waals surface area contributed by atoms with Gasteiger partial charge in [0.2, 0.25) is 5.91 Å². The quantitative estimate of drug-likeness (QED) is 0.187. The average molecular weight is 531 g/mol. The minimum atomic E-state index is 0. The number of aromatic nitrogens is 1. The van der Waals surface area contributed by atoms with Crippen molar-refractivity contribution in [3.8, 4) is 0 Å². The van der Waals surface area contributed by atoms with Crippen LogP contribution in [0.4, 0.5) is 5.82 Å². The van der Waals surface area contributed by atoms with Crippen LogP contribution in [0.5, 0.6) is 0 Å².